The molecule has 2 aliphatic carbocycles. The molecule has 0 spiro atoms. The van der Waals surface area contributed by atoms with Crippen LogP contribution in [0.1, 0.15) is 41.0 Å². The molecule has 0 nitrogen and oxygen atoms in total. The summed E-state index contributed by atoms with van der Waals surface area (Å²) in [5.41, 5.74) is 0. The van der Waals surface area contributed by atoms with Crippen molar-refractivity contribution in [3.05, 3.63) is 0 Å². The van der Waals surface area contributed by atoms with Gasteiger partial charge in [0.25, 0.3) is 0 Å². The van der Waals surface area contributed by atoms with Gasteiger partial charge in [0.05, 0.1) is 0 Å². The summed E-state index contributed by atoms with van der Waals surface area (Å²) in [4.78, 5) is 0. The fraction of sp³-hybridized carbons (Fsp3) is 1.00. The smallest absolute Gasteiger partial charge is 0.0323 e. The van der Waals surface area contributed by atoms with E-state index in [1.165, 1.54) is 0 Å². The molecule has 0 bridgehead atoms. The Balaban J connectivity index is 1.88. The minimum Gasteiger partial charge on any atom is -0.0625 e. The van der Waals surface area contributed by atoms with Gasteiger partial charge >= 0.3 is 0 Å². The lowest BCUT2D eigenvalue weighted by Crippen LogP contribution is -2.29. The highest BCUT2D eigenvalue weighted by Gasteiger charge is 2.61. The third-order valence-electron chi connectivity index (χ3n) is 5.23. The molecule has 0 N–H and O–H groups in total. The Labute approximate surface area is 83.1 Å². The molecule has 6 unspecified atom stereocenters. The molecule has 2 saturated carbocycles. The number of fused-ring (bicyclic) bond motifs is 1. The van der Waals surface area contributed by atoms with Gasteiger partial charge in [-0.25, -0.2) is 0 Å². The van der Waals surface area contributed by atoms with Gasteiger partial charge in [0.15, 0.2) is 0 Å². The van der Waals surface area contributed by atoms with E-state index in [0.717, 1.165) is 41.4 Å². The summed E-state index contributed by atoms with van der Waals surface area (Å²) in [5.74, 6) is 7.18. The third-order valence-corrected chi connectivity index (χ3v) is 5.23. The van der Waals surface area contributed by atoms with E-state index >= 15 is 0 Å². The predicted octanol–water partition coefficient (Wildman–Crippen LogP) is 3.82. The fourth-order valence-electron chi connectivity index (χ4n) is 3.50. The summed E-state index contributed by atoms with van der Waals surface area (Å²) in [5, 5.41) is 0. The van der Waals surface area contributed by atoms with Gasteiger partial charge in [-0.15, -0.1) is 0 Å². The number of hydrogen-bond acceptors (Lipinski definition) is 0. The lowest BCUT2D eigenvalue weighted by Gasteiger charge is -2.36. The highest BCUT2D eigenvalue weighted by Crippen LogP contribution is 2.67. The zero-order valence-corrected chi connectivity index (χ0v) is 9.75. The molecule has 0 amide bonds. The summed E-state index contributed by atoms with van der Waals surface area (Å²) < 4.78 is 0. The minimum absolute atomic E-state index is 0.864. The molecule has 76 valence electrons. The molecule has 0 heterocycles. The molecule has 0 radical (unpaired) electrons. The zero-order valence-electron chi connectivity index (χ0n) is 9.75. The van der Waals surface area contributed by atoms with Crippen molar-refractivity contribution in [2.24, 2.45) is 41.4 Å². The normalized spacial score (nSPS) is 46.6. The Morgan fingerprint density at radius 1 is 1.08 bits per heavy atom. The van der Waals surface area contributed by atoms with Crippen molar-refractivity contribution in [2.45, 2.75) is 41.0 Å². The maximum atomic E-state index is 2.48. The van der Waals surface area contributed by atoms with Crippen molar-refractivity contribution >= 4 is 0 Å². The second kappa shape index (κ2) is 3.00. The summed E-state index contributed by atoms with van der Waals surface area (Å²) >= 11 is 0. The molecule has 0 aromatic heterocycles. The first kappa shape index (κ1) is 9.55. The van der Waals surface area contributed by atoms with Crippen molar-refractivity contribution in [1.82, 2.24) is 0 Å². The van der Waals surface area contributed by atoms with Crippen molar-refractivity contribution in [2.75, 3.05) is 0 Å². The van der Waals surface area contributed by atoms with Crippen LogP contribution in [0.2, 0.25) is 0 Å². The van der Waals surface area contributed by atoms with Crippen LogP contribution in [0.25, 0.3) is 0 Å². The fourth-order valence-corrected chi connectivity index (χ4v) is 3.50. The average molecular weight is 180 g/mol. The Bertz CT molecular complexity index is 190. The van der Waals surface area contributed by atoms with E-state index in [1.54, 1.807) is 6.42 Å². The Hall–Kier alpha value is 0. The second-order valence-corrected chi connectivity index (χ2v) is 5.96. The van der Waals surface area contributed by atoms with Crippen LogP contribution in [0.4, 0.5) is 0 Å². The Morgan fingerprint density at radius 2 is 1.69 bits per heavy atom. The first-order valence-electron chi connectivity index (χ1n) is 6.04. The van der Waals surface area contributed by atoms with E-state index in [0.29, 0.717) is 0 Å². The third kappa shape index (κ3) is 1.33. The largest absolute Gasteiger partial charge is 0.0625 e. The van der Waals surface area contributed by atoms with Gasteiger partial charge in [-0.05, 0) is 47.8 Å². The summed E-state index contributed by atoms with van der Waals surface area (Å²) in [6, 6.07) is 0. The number of rotatable bonds is 3. The van der Waals surface area contributed by atoms with E-state index in [2.05, 4.69) is 34.6 Å². The molecular weight excluding hydrogens is 156 g/mol. The zero-order chi connectivity index (χ0) is 9.75. The topological polar surface area (TPSA) is 0 Å². The molecule has 0 heteroatoms. The van der Waals surface area contributed by atoms with E-state index in [-0.39, 0.29) is 0 Å². The Morgan fingerprint density at radius 3 is 2.00 bits per heavy atom. The van der Waals surface area contributed by atoms with Crippen LogP contribution in [0.15, 0.2) is 0 Å². The van der Waals surface area contributed by atoms with Gasteiger partial charge in [0, 0.05) is 0 Å². The first-order chi connectivity index (χ1) is 6.04. The lowest BCUT2D eigenvalue weighted by atomic mass is 9.69. The molecule has 6 atom stereocenters. The van der Waals surface area contributed by atoms with Crippen LogP contribution in [-0.2, 0) is 0 Å². The van der Waals surface area contributed by atoms with E-state index < -0.39 is 0 Å². The minimum atomic E-state index is 0.864. The van der Waals surface area contributed by atoms with Crippen LogP contribution in [-0.4, -0.2) is 0 Å². The highest BCUT2D eigenvalue weighted by atomic mass is 14.7. The van der Waals surface area contributed by atoms with Gasteiger partial charge in [-0.2, -0.15) is 0 Å². The molecular formula is C13H24. The van der Waals surface area contributed by atoms with E-state index in [1.807, 2.05) is 0 Å². The molecule has 13 heavy (non-hydrogen) atoms. The van der Waals surface area contributed by atoms with E-state index in [9.17, 15) is 0 Å². The summed E-state index contributed by atoms with van der Waals surface area (Å²) in [6.07, 6.45) is 1.55. The van der Waals surface area contributed by atoms with Crippen LogP contribution >= 0.6 is 0 Å². The maximum Gasteiger partial charge on any atom is -0.0323 e. The standard InChI is InChI=1S/C13H24/c1-7(2)8(3)9(4)11-6-12-10(5)13(11)12/h7-13H,6H2,1-5H3. The molecule has 2 fully saturated rings. The van der Waals surface area contributed by atoms with Gasteiger partial charge in [0.1, 0.15) is 0 Å². The van der Waals surface area contributed by atoms with Gasteiger partial charge in [-0.3, -0.25) is 0 Å². The quantitative estimate of drug-likeness (QED) is 0.619. The van der Waals surface area contributed by atoms with E-state index in [4.69, 9.17) is 0 Å². The SMILES string of the molecule is CC(C)C(C)C(C)C1CC2C(C)C12. The van der Waals surface area contributed by atoms with Gasteiger partial charge < -0.3 is 0 Å². The second-order valence-electron chi connectivity index (χ2n) is 5.96. The molecule has 2 rings (SSSR count). The van der Waals surface area contributed by atoms with Crippen molar-refractivity contribution in [3.8, 4) is 0 Å². The van der Waals surface area contributed by atoms with Gasteiger partial charge in [-0.1, -0.05) is 34.6 Å². The monoisotopic (exact) mass is 180 g/mol. The van der Waals surface area contributed by atoms with Crippen LogP contribution < -0.4 is 0 Å². The molecule has 0 aromatic rings. The molecule has 0 saturated heterocycles. The van der Waals surface area contributed by atoms with Crippen molar-refractivity contribution in [1.29, 1.82) is 0 Å². The number of hydrogen-bond donors (Lipinski definition) is 0. The highest BCUT2D eigenvalue weighted by molar-refractivity contribution is 5.09. The lowest BCUT2D eigenvalue weighted by molar-refractivity contribution is 0.126. The van der Waals surface area contributed by atoms with Crippen molar-refractivity contribution in [3.63, 3.8) is 0 Å². The summed E-state index contributed by atoms with van der Waals surface area (Å²) in [7, 11) is 0. The van der Waals surface area contributed by atoms with Gasteiger partial charge in [0.2, 0.25) is 0 Å². The van der Waals surface area contributed by atoms with Crippen molar-refractivity contribution < 1.29 is 0 Å². The van der Waals surface area contributed by atoms with Crippen LogP contribution in [0.5, 0.6) is 0 Å². The summed E-state index contributed by atoms with van der Waals surface area (Å²) in [6.45, 7) is 12.1. The van der Waals surface area contributed by atoms with Crippen LogP contribution in [0, 0.1) is 41.4 Å². The predicted molar refractivity (Wildman–Crippen MR) is 57.4 cm³/mol. The molecule has 0 aliphatic heterocycles. The first-order valence-corrected chi connectivity index (χ1v) is 6.04. The molecule has 0 aromatic carbocycles. The maximum absolute atomic E-state index is 2.48. The average Bonchev–Trinajstić information content (AvgIpc) is 2.49. The Kier molecular flexibility index (Phi) is 2.20. The molecule has 2 aliphatic rings. The van der Waals surface area contributed by atoms with Crippen LogP contribution in [0.3, 0.4) is 0 Å².